The van der Waals surface area contributed by atoms with Gasteiger partial charge >= 0.3 is 45.6 Å². The number of terminal acetylenes is 1. The average Bonchev–Trinajstić information content (AvgIpc) is 3.64. The molecule has 0 aromatic carbocycles. The molecule has 2 aromatic heterocycles. The van der Waals surface area contributed by atoms with Gasteiger partial charge in [-0.1, -0.05) is 117 Å². The molecule has 0 saturated carbocycles. The van der Waals surface area contributed by atoms with Gasteiger partial charge in [-0.2, -0.15) is 0 Å². The van der Waals surface area contributed by atoms with Crippen LogP contribution in [0.15, 0.2) is 43.7 Å². The number of nitrogens with one attached hydrogen (secondary N) is 2. The van der Waals surface area contributed by atoms with Crippen LogP contribution in [0.25, 0.3) is 0 Å². The van der Waals surface area contributed by atoms with E-state index in [9.17, 15) is 24.0 Å². The van der Waals surface area contributed by atoms with E-state index in [0.717, 1.165) is 15.2 Å². The van der Waals surface area contributed by atoms with Crippen molar-refractivity contribution in [2.45, 2.75) is 198 Å². The Labute approximate surface area is 391 Å². The van der Waals surface area contributed by atoms with Gasteiger partial charge in [-0.3, -0.25) is 33.5 Å². The normalized spacial score (nSPS) is 29.4. The summed E-state index contributed by atoms with van der Waals surface area (Å²) in [5.74, 6) is 1.85. The van der Waals surface area contributed by atoms with Gasteiger partial charge in [0.15, 0.2) is 12.5 Å². The fourth-order valence-electron chi connectivity index (χ4n) is 10.0. The summed E-state index contributed by atoms with van der Waals surface area (Å²) in [4.78, 5) is 65.6. The van der Waals surface area contributed by atoms with Gasteiger partial charge in [0.1, 0.15) is 24.4 Å². The summed E-state index contributed by atoms with van der Waals surface area (Å²) in [5, 5.41) is 0. The number of alkyl halides is 1. The first kappa shape index (κ1) is 54.0. The summed E-state index contributed by atoms with van der Waals surface area (Å²) >= 11 is 0. The van der Waals surface area contributed by atoms with Gasteiger partial charge in [0.25, 0.3) is 11.1 Å². The van der Waals surface area contributed by atoms with Crippen LogP contribution < -0.4 is 22.5 Å². The summed E-state index contributed by atoms with van der Waals surface area (Å²) in [6.07, 6.45) is 1.89. The molecule has 2 aromatic rings. The Morgan fingerprint density at radius 2 is 1.00 bits per heavy atom. The number of aromatic amines is 2. The number of ether oxygens (including phenoxy) is 2. The third-order valence-electron chi connectivity index (χ3n) is 13.7. The van der Waals surface area contributed by atoms with Crippen molar-refractivity contribution in [3.8, 4) is 12.3 Å². The number of halogens is 1. The topological polar surface area (TPSA) is 201 Å². The zero-order valence-electron chi connectivity index (χ0n) is 41.5. The van der Waals surface area contributed by atoms with Crippen LogP contribution >= 0.6 is 0 Å². The van der Waals surface area contributed by atoms with E-state index in [-0.39, 0.29) is 63.3 Å². The standard InChI is InChI=1S/C23H37FN2O6Si2.C21H36N2O7Si2/c1-10-23(24)20-18(30-21(23)26-12-11-19(27)25-22(26)28)13-29-33(14(2)3,15(4)5)32-34(31-20,16(6)7)17(8)9;1-12(2)31(13(3)4)27-11-16-19(29-32(30-31,14(5)6)15(7)8)18(25)20(28-16)23-10-9-17(24)22-21(23)26/h1,11-12,14-18,20-21H,13H2,2-9H3,(H,25,27,28);9-10,12-16,19-20H,11H2,1-8H3,(H,22,24,26)/t18-,20+,21-,23?;16-,19+,20-/m11/s1. The number of hydrogen-bond acceptors (Lipinski definition) is 13. The number of hydrogen-bond donors (Lipinski definition) is 2. The Morgan fingerprint density at radius 1 is 0.606 bits per heavy atom. The molecular formula is C44H73FN4O13Si4. The Morgan fingerprint density at radius 3 is 1.39 bits per heavy atom. The molecular weight excluding hydrogens is 924 g/mol. The first-order chi connectivity index (χ1) is 30.6. The molecule has 6 heterocycles. The smallest absolute Gasteiger partial charge is 0.335 e. The van der Waals surface area contributed by atoms with Crippen molar-refractivity contribution in [3.63, 3.8) is 0 Å². The molecule has 7 atom stereocenters. The molecule has 1 unspecified atom stereocenters. The second kappa shape index (κ2) is 20.2. The van der Waals surface area contributed by atoms with Crippen molar-refractivity contribution >= 4 is 40.0 Å². The number of aromatic nitrogens is 4. The van der Waals surface area contributed by atoms with Gasteiger partial charge < -0.3 is 35.4 Å². The minimum atomic E-state index is -3.15. The maximum atomic E-state index is 16.7. The van der Waals surface area contributed by atoms with E-state index in [4.69, 9.17) is 41.8 Å². The van der Waals surface area contributed by atoms with Crippen molar-refractivity contribution in [2.24, 2.45) is 0 Å². The average molecular weight is 997 g/mol. The van der Waals surface area contributed by atoms with Crippen molar-refractivity contribution in [3.05, 3.63) is 66.2 Å². The van der Waals surface area contributed by atoms with E-state index in [1.54, 1.807) is 0 Å². The van der Waals surface area contributed by atoms with Crippen LogP contribution in [-0.4, -0.2) is 102 Å². The van der Waals surface area contributed by atoms with Gasteiger partial charge in [0.05, 0.1) is 13.2 Å². The molecule has 4 aliphatic rings. The Balaban J connectivity index is 0.000000248. The molecule has 6 rings (SSSR count). The molecule has 370 valence electrons. The van der Waals surface area contributed by atoms with E-state index >= 15 is 4.39 Å². The second-order valence-electron chi connectivity index (χ2n) is 20.4. The molecule has 66 heavy (non-hydrogen) atoms. The first-order valence-corrected chi connectivity index (χ1v) is 31.2. The molecule has 0 radical (unpaired) electrons. The van der Waals surface area contributed by atoms with Gasteiger partial charge in [-0.25, -0.2) is 14.0 Å². The molecule has 22 heteroatoms. The van der Waals surface area contributed by atoms with Crippen LogP contribution in [0, 0.1) is 12.3 Å². The lowest BCUT2D eigenvalue weighted by atomic mass is 9.97. The van der Waals surface area contributed by atoms with Crippen molar-refractivity contribution in [1.29, 1.82) is 0 Å². The maximum Gasteiger partial charge on any atom is 0.335 e. The van der Waals surface area contributed by atoms with E-state index in [2.05, 4.69) is 99.0 Å². The van der Waals surface area contributed by atoms with E-state index < -0.39 is 99.3 Å². The van der Waals surface area contributed by atoms with Crippen LogP contribution in [0.1, 0.15) is 123 Å². The maximum absolute atomic E-state index is 16.7. The fraction of sp³-hybridized carbons (Fsp3) is 0.750. The van der Waals surface area contributed by atoms with E-state index in [0.29, 0.717) is 0 Å². The molecule has 0 spiro atoms. The minimum absolute atomic E-state index is 0.0237. The number of rotatable bonds is 10. The number of H-pyrrole nitrogens is 2. The molecule has 4 saturated heterocycles. The summed E-state index contributed by atoms with van der Waals surface area (Å²) in [5.41, 5.74) is -4.51. The summed E-state index contributed by atoms with van der Waals surface area (Å²) in [7, 11) is -11.7. The van der Waals surface area contributed by atoms with Crippen molar-refractivity contribution < 1.29 is 44.6 Å². The molecule has 2 N–H and O–H groups in total. The van der Waals surface area contributed by atoms with Gasteiger partial charge in [0.2, 0.25) is 11.5 Å². The third-order valence-corrected chi connectivity index (χ3v) is 34.1. The molecule has 0 aliphatic carbocycles. The number of fused-ring (bicyclic) bond motifs is 2. The number of Topliss-reactive ketones (excluding diaryl/α,β-unsaturated/α-hetero) is 1. The van der Waals surface area contributed by atoms with Crippen LogP contribution in [0.4, 0.5) is 4.39 Å². The number of ketones is 1. The Hall–Kier alpha value is -2.93. The summed E-state index contributed by atoms with van der Waals surface area (Å²) in [6, 6.07) is 2.31. The van der Waals surface area contributed by atoms with Crippen molar-refractivity contribution in [1.82, 2.24) is 19.1 Å². The first-order valence-electron chi connectivity index (χ1n) is 23.3. The highest BCUT2D eigenvalue weighted by Gasteiger charge is 2.67. The Bertz CT molecular complexity index is 2290. The highest BCUT2D eigenvalue weighted by molar-refractivity contribution is 6.84. The molecule has 4 fully saturated rings. The predicted molar refractivity (Wildman–Crippen MR) is 256 cm³/mol. The van der Waals surface area contributed by atoms with Crippen LogP contribution in [-0.2, 0) is 40.2 Å². The summed E-state index contributed by atoms with van der Waals surface area (Å²) in [6.45, 7) is 33.4. The zero-order chi connectivity index (χ0) is 49.6. The Kier molecular flexibility index (Phi) is 16.5. The summed E-state index contributed by atoms with van der Waals surface area (Å²) < 4.78 is 71.7. The molecule has 4 aliphatic heterocycles. The van der Waals surface area contributed by atoms with Crippen LogP contribution in [0.5, 0.6) is 0 Å². The highest BCUT2D eigenvalue weighted by atomic mass is 28.5. The number of carbonyl (C=O) groups excluding carboxylic acids is 1. The van der Waals surface area contributed by atoms with Crippen LogP contribution in [0.3, 0.4) is 0 Å². The predicted octanol–water partition coefficient (Wildman–Crippen LogP) is 6.69. The lowest BCUT2D eigenvalue weighted by Crippen LogP contribution is -2.66. The second-order valence-corrected chi connectivity index (χ2v) is 38.1. The minimum Gasteiger partial charge on any atom is -0.414 e. The quantitative estimate of drug-likeness (QED) is 0.189. The number of carbonyl (C=O) groups is 1. The lowest BCUT2D eigenvalue weighted by molar-refractivity contribution is -0.130. The third kappa shape index (κ3) is 9.53. The monoisotopic (exact) mass is 996 g/mol. The largest absolute Gasteiger partial charge is 0.414 e. The van der Waals surface area contributed by atoms with Gasteiger partial charge in [-0.15, -0.1) is 6.42 Å². The zero-order valence-corrected chi connectivity index (χ0v) is 45.5. The lowest BCUT2D eigenvalue weighted by Gasteiger charge is -2.51. The fourth-order valence-corrected chi connectivity index (χ4v) is 32.4. The SMILES string of the molecule is C#CC1(F)[C@H]2O[Si](C(C)C)(C(C)C)O[Si](C(C)C)(C(C)C)OC[C@H]2O[C@H]1n1ccc(=O)[nH]c1=O.CC(C)[Si]1(C(C)C)OC[C@H]2O[C@@H](n3ccc(=O)[nH]c3=O)C(=O)[C@H]2O[Si](C(C)C)(C(C)C)O1. The molecule has 0 bridgehead atoms. The number of nitrogens with zero attached hydrogens (tertiary/aromatic N) is 2. The van der Waals surface area contributed by atoms with Crippen LogP contribution in [0.2, 0.25) is 44.3 Å². The van der Waals surface area contributed by atoms with Crippen molar-refractivity contribution in [2.75, 3.05) is 13.2 Å². The molecule has 0 amide bonds. The van der Waals surface area contributed by atoms with Gasteiger partial charge in [-0.05, 0) is 44.3 Å². The van der Waals surface area contributed by atoms with E-state index in [1.807, 2.05) is 27.7 Å². The van der Waals surface area contributed by atoms with Gasteiger partial charge in [0, 0.05) is 24.5 Å². The highest BCUT2D eigenvalue weighted by Crippen LogP contribution is 2.52. The molecule has 17 nitrogen and oxygen atoms in total. The van der Waals surface area contributed by atoms with E-state index in [1.165, 1.54) is 18.5 Å².